The summed E-state index contributed by atoms with van der Waals surface area (Å²) in [5, 5.41) is 8.89. The first-order valence-corrected chi connectivity index (χ1v) is 6.07. The Labute approximate surface area is 88.7 Å². The molecule has 0 bridgehead atoms. The minimum Gasteiger partial charge on any atom is -0.321 e. The maximum Gasteiger partial charge on any atom is 0.358 e. The molecule has 0 aliphatic heterocycles. The summed E-state index contributed by atoms with van der Waals surface area (Å²) in [4.78, 5) is 9.55. The summed E-state index contributed by atoms with van der Waals surface area (Å²) in [6.07, 6.45) is 0. The van der Waals surface area contributed by atoms with Crippen LogP contribution in [-0.2, 0) is 9.09 Å². The first-order chi connectivity index (χ1) is 6.99. The van der Waals surface area contributed by atoms with E-state index in [-0.39, 0.29) is 11.9 Å². The number of hydrogen-bond acceptors (Lipinski definition) is 3. The third-order valence-corrected chi connectivity index (χ3v) is 3.34. The second kappa shape index (κ2) is 4.59. The van der Waals surface area contributed by atoms with Crippen LogP contribution in [0.4, 0.5) is 0 Å². The standard InChI is InChI=1S/C10H12NO3P/c1-3-14-15(12,13)10-5-8(2)4-9(6-10)7-11/h4-6H,3H2,1-2H3,(H,12,13). The predicted molar refractivity (Wildman–Crippen MR) is 57.0 cm³/mol. The second-order valence-electron chi connectivity index (χ2n) is 3.11. The number of benzene rings is 1. The summed E-state index contributed by atoms with van der Waals surface area (Å²) in [6, 6.07) is 6.51. The fourth-order valence-electron chi connectivity index (χ4n) is 1.24. The molecule has 80 valence electrons. The van der Waals surface area contributed by atoms with Gasteiger partial charge in [-0.25, -0.2) is 0 Å². The van der Waals surface area contributed by atoms with Gasteiger partial charge in [0.2, 0.25) is 0 Å². The van der Waals surface area contributed by atoms with Crippen LogP contribution in [0.1, 0.15) is 18.1 Å². The average Bonchev–Trinajstić information content (AvgIpc) is 2.16. The molecular formula is C10H12NO3P. The Bertz CT molecular complexity index is 450. The molecule has 0 saturated carbocycles. The molecule has 5 heteroatoms. The maximum absolute atomic E-state index is 11.7. The van der Waals surface area contributed by atoms with Gasteiger partial charge in [0.1, 0.15) is 0 Å². The quantitative estimate of drug-likeness (QED) is 0.795. The van der Waals surface area contributed by atoms with Crippen molar-refractivity contribution in [3.05, 3.63) is 29.3 Å². The number of nitrogens with zero attached hydrogens (tertiary/aromatic N) is 1. The van der Waals surface area contributed by atoms with Crippen molar-refractivity contribution >= 4 is 12.9 Å². The Kier molecular flexibility index (Phi) is 3.65. The van der Waals surface area contributed by atoms with Crippen LogP contribution in [0.15, 0.2) is 18.2 Å². The Morgan fingerprint density at radius 2 is 2.20 bits per heavy atom. The van der Waals surface area contributed by atoms with Crippen LogP contribution in [-0.4, -0.2) is 11.5 Å². The molecule has 1 N–H and O–H groups in total. The summed E-state index contributed by atoms with van der Waals surface area (Å²) in [5.74, 6) is 0. The summed E-state index contributed by atoms with van der Waals surface area (Å²) >= 11 is 0. The molecule has 0 spiro atoms. The van der Waals surface area contributed by atoms with Crippen LogP contribution in [0.5, 0.6) is 0 Å². The summed E-state index contributed by atoms with van der Waals surface area (Å²) in [6.45, 7) is 3.56. The summed E-state index contributed by atoms with van der Waals surface area (Å²) in [7, 11) is -3.76. The van der Waals surface area contributed by atoms with Gasteiger partial charge in [-0.1, -0.05) is 0 Å². The number of aryl methyl sites for hydroxylation is 1. The van der Waals surface area contributed by atoms with Crippen molar-refractivity contribution < 1.29 is 14.0 Å². The monoisotopic (exact) mass is 225 g/mol. The molecule has 1 aromatic rings. The lowest BCUT2D eigenvalue weighted by atomic mass is 10.2. The van der Waals surface area contributed by atoms with Crippen molar-refractivity contribution in [1.82, 2.24) is 0 Å². The van der Waals surface area contributed by atoms with E-state index in [1.165, 1.54) is 6.07 Å². The first kappa shape index (κ1) is 11.9. The van der Waals surface area contributed by atoms with Gasteiger partial charge in [-0.2, -0.15) is 5.26 Å². The molecule has 0 radical (unpaired) electrons. The smallest absolute Gasteiger partial charge is 0.321 e. The van der Waals surface area contributed by atoms with Crippen molar-refractivity contribution in [2.45, 2.75) is 13.8 Å². The lowest BCUT2D eigenvalue weighted by molar-refractivity contribution is 0.284. The lowest BCUT2D eigenvalue weighted by Gasteiger charge is -2.11. The minimum atomic E-state index is -3.76. The zero-order valence-corrected chi connectivity index (χ0v) is 9.49. The number of hydrogen-bond donors (Lipinski definition) is 1. The van der Waals surface area contributed by atoms with Gasteiger partial charge in [0.15, 0.2) is 0 Å². The normalized spacial score (nSPS) is 14.3. The molecule has 1 rings (SSSR count). The number of rotatable bonds is 3. The molecule has 0 aliphatic rings. The fraction of sp³-hybridized carbons (Fsp3) is 0.300. The molecule has 0 fully saturated rings. The maximum atomic E-state index is 11.7. The predicted octanol–water partition coefficient (Wildman–Crippen LogP) is 1.71. The van der Waals surface area contributed by atoms with Gasteiger partial charge in [0.25, 0.3) is 0 Å². The average molecular weight is 225 g/mol. The number of nitriles is 1. The Balaban J connectivity index is 3.21. The van der Waals surface area contributed by atoms with Crippen molar-refractivity contribution in [3.8, 4) is 6.07 Å². The molecule has 1 aromatic carbocycles. The largest absolute Gasteiger partial charge is 0.358 e. The molecule has 0 amide bonds. The van der Waals surface area contributed by atoms with Gasteiger partial charge < -0.3 is 9.42 Å². The van der Waals surface area contributed by atoms with E-state index in [1.807, 2.05) is 6.07 Å². The van der Waals surface area contributed by atoms with Crippen LogP contribution in [0.3, 0.4) is 0 Å². The molecule has 15 heavy (non-hydrogen) atoms. The van der Waals surface area contributed by atoms with E-state index in [4.69, 9.17) is 9.79 Å². The highest BCUT2D eigenvalue weighted by Gasteiger charge is 2.22. The molecule has 0 saturated heterocycles. The van der Waals surface area contributed by atoms with Crippen LogP contribution >= 0.6 is 7.60 Å². The van der Waals surface area contributed by atoms with Gasteiger partial charge in [-0.3, -0.25) is 4.57 Å². The fourth-order valence-corrected chi connectivity index (χ4v) is 2.41. The van der Waals surface area contributed by atoms with Crippen molar-refractivity contribution in [1.29, 1.82) is 5.26 Å². The lowest BCUT2D eigenvalue weighted by Crippen LogP contribution is -2.08. The van der Waals surface area contributed by atoms with E-state index >= 15 is 0 Å². The highest BCUT2D eigenvalue weighted by molar-refractivity contribution is 7.61. The van der Waals surface area contributed by atoms with Crippen molar-refractivity contribution in [2.75, 3.05) is 6.61 Å². The van der Waals surface area contributed by atoms with Gasteiger partial charge >= 0.3 is 7.60 Å². The Morgan fingerprint density at radius 1 is 1.53 bits per heavy atom. The molecule has 1 atom stereocenters. The van der Waals surface area contributed by atoms with E-state index in [0.29, 0.717) is 5.56 Å². The van der Waals surface area contributed by atoms with E-state index in [9.17, 15) is 9.46 Å². The van der Waals surface area contributed by atoms with Crippen LogP contribution in [0.25, 0.3) is 0 Å². The van der Waals surface area contributed by atoms with E-state index in [0.717, 1.165) is 5.56 Å². The van der Waals surface area contributed by atoms with Gasteiger partial charge in [0.05, 0.1) is 23.5 Å². The zero-order valence-electron chi connectivity index (χ0n) is 8.60. The van der Waals surface area contributed by atoms with Gasteiger partial charge in [-0.15, -0.1) is 0 Å². The summed E-state index contributed by atoms with van der Waals surface area (Å²) in [5.41, 5.74) is 1.12. The third-order valence-electron chi connectivity index (χ3n) is 1.82. The second-order valence-corrected chi connectivity index (χ2v) is 4.92. The third kappa shape index (κ3) is 2.90. The molecule has 0 aliphatic carbocycles. The van der Waals surface area contributed by atoms with Gasteiger partial charge in [-0.05, 0) is 37.6 Å². The zero-order chi connectivity index (χ0) is 11.5. The highest BCUT2D eigenvalue weighted by atomic mass is 31.2. The Hall–Kier alpha value is -1.14. The highest BCUT2D eigenvalue weighted by Crippen LogP contribution is 2.40. The van der Waals surface area contributed by atoms with Crippen LogP contribution < -0.4 is 5.30 Å². The topological polar surface area (TPSA) is 70.3 Å². The van der Waals surface area contributed by atoms with Gasteiger partial charge in [0, 0.05) is 0 Å². The van der Waals surface area contributed by atoms with Crippen molar-refractivity contribution in [2.24, 2.45) is 0 Å². The molecular weight excluding hydrogens is 213 g/mol. The van der Waals surface area contributed by atoms with E-state index < -0.39 is 7.60 Å². The molecule has 4 nitrogen and oxygen atoms in total. The van der Waals surface area contributed by atoms with E-state index in [1.54, 1.807) is 26.0 Å². The Morgan fingerprint density at radius 3 is 2.73 bits per heavy atom. The first-order valence-electron chi connectivity index (χ1n) is 4.49. The van der Waals surface area contributed by atoms with Crippen molar-refractivity contribution in [3.63, 3.8) is 0 Å². The molecule has 1 unspecified atom stereocenters. The SMILES string of the molecule is CCOP(=O)(O)c1cc(C)cc(C#N)c1. The summed E-state index contributed by atoms with van der Waals surface area (Å²) < 4.78 is 16.4. The van der Waals surface area contributed by atoms with Crippen LogP contribution in [0.2, 0.25) is 0 Å². The minimum absolute atomic E-state index is 0.156. The molecule has 0 heterocycles. The van der Waals surface area contributed by atoms with E-state index in [2.05, 4.69) is 0 Å². The molecule has 0 aromatic heterocycles. The van der Waals surface area contributed by atoms with Crippen LogP contribution in [0, 0.1) is 18.3 Å².